The van der Waals surface area contributed by atoms with Crippen LogP contribution in [0.3, 0.4) is 0 Å². The second kappa shape index (κ2) is 5.20. The first kappa shape index (κ1) is 14.8. The van der Waals surface area contributed by atoms with E-state index in [4.69, 9.17) is 15.3 Å². The van der Waals surface area contributed by atoms with Crippen LogP contribution in [0, 0.1) is 11.3 Å². The molecule has 0 aromatic rings. The van der Waals surface area contributed by atoms with Crippen molar-refractivity contribution >= 4 is 0 Å². The Balaban J connectivity index is 5.26. The summed E-state index contributed by atoms with van der Waals surface area (Å²) in [7, 11) is 0. The predicted octanol–water partition coefficient (Wildman–Crippen LogP) is -2.35. The molecule has 0 heterocycles. The molecule has 0 fully saturated rings. The Bertz CT molecular complexity index is 187. The van der Waals surface area contributed by atoms with Gasteiger partial charge < -0.3 is 30.6 Å². The second-order valence-corrected chi connectivity index (χ2v) is 3.96. The predicted molar refractivity (Wildman–Crippen MR) is 51.7 cm³/mol. The van der Waals surface area contributed by atoms with E-state index in [9.17, 15) is 15.3 Å². The Labute approximate surface area is 88.4 Å². The molecule has 92 valence electrons. The second-order valence-electron chi connectivity index (χ2n) is 3.96. The highest BCUT2D eigenvalue weighted by molar-refractivity contribution is 4.97. The van der Waals surface area contributed by atoms with Crippen molar-refractivity contribution in [3.63, 3.8) is 0 Å². The summed E-state index contributed by atoms with van der Waals surface area (Å²) in [5.41, 5.74) is -1.77. The first-order chi connectivity index (χ1) is 6.80. The normalized spacial score (nSPS) is 17.6. The van der Waals surface area contributed by atoms with E-state index in [2.05, 4.69) is 0 Å². The summed E-state index contributed by atoms with van der Waals surface area (Å²) in [5.74, 6) is -3.45. The summed E-state index contributed by atoms with van der Waals surface area (Å²) in [6, 6.07) is 0. The van der Waals surface area contributed by atoms with Gasteiger partial charge in [0.2, 0.25) is 0 Å². The largest absolute Gasteiger partial charge is 0.396 e. The van der Waals surface area contributed by atoms with Crippen molar-refractivity contribution in [2.75, 3.05) is 19.8 Å². The lowest BCUT2D eigenvalue weighted by atomic mass is 9.69. The van der Waals surface area contributed by atoms with Crippen molar-refractivity contribution < 1.29 is 30.6 Å². The lowest BCUT2D eigenvalue weighted by molar-refractivity contribution is -0.318. The zero-order valence-corrected chi connectivity index (χ0v) is 8.96. The summed E-state index contributed by atoms with van der Waals surface area (Å²) in [6.07, 6.45) is -1.56. The Morgan fingerprint density at radius 3 is 1.60 bits per heavy atom. The van der Waals surface area contributed by atoms with Gasteiger partial charge in [-0.2, -0.15) is 0 Å². The number of hydrogen-bond donors (Lipinski definition) is 6. The van der Waals surface area contributed by atoms with Gasteiger partial charge in [-0.25, -0.2) is 0 Å². The maximum atomic E-state index is 9.68. The third-order valence-corrected chi connectivity index (χ3v) is 3.10. The quantitative estimate of drug-likeness (QED) is 0.281. The van der Waals surface area contributed by atoms with E-state index in [0.29, 0.717) is 0 Å². The lowest BCUT2D eigenvalue weighted by Gasteiger charge is -2.46. The first-order valence-electron chi connectivity index (χ1n) is 4.75. The smallest absolute Gasteiger partial charge is 0.199 e. The van der Waals surface area contributed by atoms with Crippen LogP contribution in [-0.4, -0.2) is 62.4 Å². The SMILES string of the molecule is CC(O)C(O)(O)C(CO)(CO)C(C)CO. The molecule has 6 nitrogen and oxygen atoms in total. The molecule has 0 saturated carbocycles. The van der Waals surface area contributed by atoms with Gasteiger partial charge in [-0.3, -0.25) is 0 Å². The summed E-state index contributed by atoms with van der Waals surface area (Å²) in [6.45, 7) is 0.600. The highest BCUT2D eigenvalue weighted by Gasteiger charge is 2.55. The van der Waals surface area contributed by atoms with Crippen LogP contribution in [0.25, 0.3) is 0 Å². The molecule has 0 aliphatic carbocycles. The lowest BCUT2D eigenvalue weighted by Crippen LogP contribution is -2.62. The van der Waals surface area contributed by atoms with E-state index >= 15 is 0 Å². The highest BCUT2D eigenvalue weighted by atomic mass is 16.5. The molecule has 2 unspecified atom stereocenters. The molecule has 6 heteroatoms. The van der Waals surface area contributed by atoms with Crippen LogP contribution in [0.2, 0.25) is 0 Å². The molecule has 0 aromatic heterocycles. The maximum Gasteiger partial charge on any atom is 0.199 e. The third-order valence-electron chi connectivity index (χ3n) is 3.10. The average molecular weight is 224 g/mol. The monoisotopic (exact) mass is 224 g/mol. The van der Waals surface area contributed by atoms with Crippen molar-refractivity contribution in [1.82, 2.24) is 0 Å². The number of aliphatic hydroxyl groups excluding tert-OH is 4. The van der Waals surface area contributed by atoms with Gasteiger partial charge in [0.15, 0.2) is 5.79 Å². The molecule has 15 heavy (non-hydrogen) atoms. The van der Waals surface area contributed by atoms with Crippen LogP contribution in [0.5, 0.6) is 0 Å². The Kier molecular flexibility index (Phi) is 5.12. The molecule has 0 spiro atoms. The molecule has 6 N–H and O–H groups in total. The van der Waals surface area contributed by atoms with Gasteiger partial charge in [0.1, 0.15) is 6.10 Å². The summed E-state index contributed by atoms with van der Waals surface area (Å²) < 4.78 is 0. The van der Waals surface area contributed by atoms with Crippen molar-refractivity contribution in [2.45, 2.75) is 25.7 Å². The number of hydrogen-bond acceptors (Lipinski definition) is 6. The van der Waals surface area contributed by atoms with Gasteiger partial charge in [0.25, 0.3) is 0 Å². The summed E-state index contributed by atoms with van der Waals surface area (Å²) in [5, 5.41) is 55.8. The first-order valence-corrected chi connectivity index (χ1v) is 4.75. The van der Waals surface area contributed by atoms with Gasteiger partial charge in [0, 0.05) is 6.61 Å². The Morgan fingerprint density at radius 1 is 1.00 bits per heavy atom. The standard InChI is InChI=1S/C9H20O6/c1-6(3-10)8(4-11,5-12)9(14,15)7(2)13/h6-7,10-15H,3-5H2,1-2H3. The average Bonchev–Trinajstić information content (AvgIpc) is 2.19. The molecule has 0 bridgehead atoms. The van der Waals surface area contributed by atoms with Crippen molar-refractivity contribution in [1.29, 1.82) is 0 Å². The van der Waals surface area contributed by atoms with E-state index in [1.165, 1.54) is 6.92 Å². The van der Waals surface area contributed by atoms with Gasteiger partial charge in [-0.1, -0.05) is 6.92 Å². The minimum absolute atomic E-state index is 0.448. The van der Waals surface area contributed by atoms with Crippen LogP contribution in [0.15, 0.2) is 0 Å². The van der Waals surface area contributed by atoms with Crippen LogP contribution >= 0.6 is 0 Å². The van der Waals surface area contributed by atoms with Gasteiger partial charge >= 0.3 is 0 Å². The zero-order valence-electron chi connectivity index (χ0n) is 8.96. The zero-order chi connectivity index (χ0) is 12.3. The Morgan fingerprint density at radius 2 is 1.40 bits per heavy atom. The van der Waals surface area contributed by atoms with Crippen molar-refractivity contribution in [3.05, 3.63) is 0 Å². The molecule has 0 saturated heterocycles. The fraction of sp³-hybridized carbons (Fsp3) is 1.00. The van der Waals surface area contributed by atoms with Gasteiger partial charge in [-0.05, 0) is 12.8 Å². The number of aliphatic hydroxyl groups is 6. The molecule has 0 aliphatic rings. The summed E-state index contributed by atoms with van der Waals surface area (Å²) in [4.78, 5) is 0. The van der Waals surface area contributed by atoms with Crippen LogP contribution in [0.4, 0.5) is 0 Å². The van der Waals surface area contributed by atoms with E-state index in [-0.39, 0.29) is 0 Å². The molecule has 0 amide bonds. The highest BCUT2D eigenvalue weighted by Crippen LogP contribution is 2.38. The topological polar surface area (TPSA) is 121 Å². The fourth-order valence-corrected chi connectivity index (χ4v) is 1.55. The molecular formula is C9H20O6. The van der Waals surface area contributed by atoms with Gasteiger partial charge in [0.05, 0.1) is 18.6 Å². The Hall–Kier alpha value is -0.240. The molecule has 0 aliphatic heterocycles. The van der Waals surface area contributed by atoms with Crippen molar-refractivity contribution in [2.24, 2.45) is 11.3 Å². The van der Waals surface area contributed by atoms with Crippen LogP contribution < -0.4 is 0 Å². The van der Waals surface area contributed by atoms with E-state index < -0.39 is 43.0 Å². The van der Waals surface area contributed by atoms with Crippen LogP contribution in [-0.2, 0) is 0 Å². The minimum atomic E-state index is -2.67. The molecular weight excluding hydrogens is 204 g/mol. The van der Waals surface area contributed by atoms with Gasteiger partial charge in [-0.15, -0.1) is 0 Å². The number of rotatable bonds is 6. The molecule has 2 atom stereocenters. The molecule has 0 rings (SSSR count). The molecule has 0 radical (unpaired) electrons. The fourth-order valence-electron chi connectivity index (χ4n) is 1.55. The maximum absolute atomic E-state index is 9.68. The van der Waals surface area contributed by atoms with E-state index in [1.807, 2.05) is 0 Å². The summed E-state index contributed by atoms with van der Waals surface area (Å²) >= 11 is 0. The van der Waals surface area contributed by atoms with E-state index in [0.717, 1.165) is 6.92 Å². The minimum Gasteiger partial charge on any atom is -0.396 e. The van der Waals surface area contributed by atoms with Crippen molar-refractivity contribution in [3.8, 4) is 0 Å². The van der Waals surface area contributed by atoms with E-state index in [1.54, 1.807) is 0 Å². The third kappa shape index (κ3) is 2.30. The van der Waals surface area contributed by atoms with Crippen LogP contribution in [0.1, 0.15) is 13.8 Å². The molecule has 0 aromatic carbocycles.